The van der Waals surface area contributed by atoms with E-state index in [4.69, 9.17) is 0 Å². The fourth-order valence-corrected chi connectivity index (χ4v) is 2.47. The van der Waals surface area contributed by atoms with E-state index >= 15 is 0 Å². The van der Waals surface area contributed by atoms with Crippen LogP contribution in [0.2, 0.25) is 0 Å². The smallest absolute Gasteiger partial charge is 0.195 e. The first-order chi connectivity index (χ1) is 11.9. The first-order valence-corrected chi connectivity index (χ1v) is 7.48. The zero-order valence-corrected chi connectivity index (χ0v) is 13.1. The molecule has 0 atom stereocenters. The summed E-state index contributed by atoms with van der Waals surface area (Å²) in [7, 11) is 0. The maximum Gasteiger partial charge on any atom is 0.195 e. The largest absolute Gasteiger partial charge is 0.206 e. The Kier molecular flexibility index (Phi) is 4.45. The average Bonchev–Trinajstić information content (AvgIpc) is 2.58. The molecule has 25 heavy (non-hydrogen) atoms. The average molecular weight is 346 g/mol. The van der Waals surface area contributed by atoms with Crippen LogP contribution in [0.4, 0.5) is 22.0 Å². The van der Waals surface area contributed by atoms with Crippen molar-refractivity contribution in [2.45, 2.75) is 13.3 Å². The van der Waals surface area contributed by atoms with Crippen molar-refractivity contribution in [1.29, 1.82) is 0 Å². The van der Waals surface area contributed by atoms with Crippen molar-refractivity contribution in [2.75, 3.05) is 0 Å². The van der Waals surface area contributed by atoms with Crippen molar-refractivity contribution in [1.82, 2.24) is 0 Å². The van der Waals surface area contributed by atoms with Gasteiger partial charge in [0.2, 0.25) is 0 Å². The minimum Gasteiger partial charge on any atom is -0.206 e. The SMILES string of the molecule is CCc1cc(F)c(C#Cc2ccc3c(F)c(F)c(F)cc3c2)c(F)c1. The Hall–Kier alpha value is -2.87. The fourth-order valence-electron chi connectivity index (χ4n) is 2.47. The molecule has 0 spiro atoms. The van der Waals surface area contributed by atoms with Crippen LogP contribution in [0.15, 0.2) is 36.4 Å². The number of hydrogen-bond acceptors (Lipinski definition) is 0. The fraction of sp³-hybridized carbons (Fsp3) is 0.100. The topological polar surface area (TPSA) is 0 Å². The molecule has 0 aromatic heterocycles. The van der Waals surface area contributed by atoms with Gasteiger partial charge < -0.3 is 0 Å². The van der Waals surface area contributed by atoms with Gasteiger partial charge in [-0.1, -0.05) is 24.8 Å². The Morgan fingerprint density at radius 3 is 2.08 bits per heavy atom. The van der Waals surface area contributed by atoms with E-state index in [0.29, 0.717) is 12.0 Å². The number of aryl methyl sites for hydroxylation is 1. The molecule has 0 N–H and O–H groups in total. The molecule has 0 aliphatic carbocycles. The Morgan fingerprint density at radius 1 is 0.760 bits per heavy atom. The highest BCUT2D eigenvalue weighted by molar-refractivity contribution is 5.84. The number of benzene rings is 3. The summed E-state index contributed by atoms with van der Waals surface area (Å²) in [5, 5.41) is -0.000385. The van der Waals surface area contributed by atoms with E-state index in [1.165, 1.54) is 30.3 Å². The van der Waals surface area contributed by atoms with Crippen LogP contribution in [0.5, 0.6) is 0 Å². The summed E-state index contributed by atoms with van der Waals surface area (Å²) in [5.74, 6) is -0.755. The second-order valence-corrected chi connectivity index (χ2v) is 5.46. The molecule has 0 aliphatic heterocycles. The van der Waals surface area contributed by atoms with E-state index in [9.17, 15) is 22.0 Å². The summed E-state index contributed by atoms with van der Waals surface area (Å²) in [6.07, 6.45) is 0.486. The lowest BCUT2D eigenvalue weighted by atomic mass is 10.0. The lowest BCUT2D eigenvalue weighted by molar-refractivity contribution is 0.453. The summed E-state index contributed by atoms with van der Waals surface area (Å²) >= 11 is 0. The van der Waals surface area contributed by atoms with Gasteiger partial charge in [0.1, 0.15) is 11.6 Å². The van der Waals surface area contributed by atoms with Gasteiger partial charge in [-0.3, -0.25) is 0 Å². The zero-order valence-electron chi connectivity index (χ0n) is 13.1. The Balaban J connectivity index is 2.06. The van der Waals surface area contributed by atoms with Gasteiger partial charge in [0, 0.05) is 10.9 Å². The monoisotopic (exact) mass is 346 g/mol. The maximum atomic E-state index is 13.9. The van der Waals surface area contributed by atoms with Crippen LogP contribution < -0.4 is 0 Å². The molecule has 5 heteroatoms. The standard InChI is InChI=1S/C20H11F5/c1-2-11-8-16(21)15(17(22)9-11)6-4-12-3-5-14-13(7-12)10-18(23)20(25)19(14)24/h3,5,7-10H,2H2,1H3. The third-order valence-electron chi connectivity index (χ3n) is 3.81. The lowest BCUT2D eigenvalue weighted by Crippen LogP contribution is -1.94. The summed E-state index contributed by atoms with van der Waals surface area (Å²) in [4.78, 5) is 0. The lowest BCUT2D eigenvalue weighted by Gasteiger charge is -2.03. The first-order valence-electron chi connectivity index (χ1n) is 7.48. The normalized spacial score (nSPS) is 10.6. The van der Waals surface area contributed by atoms with Gasteiger partial charge in [0.25, 0.3) is 0 Å². The van der Waals surface area contributed by atoms with Crippen molar-refractivity contribution in [3.8, 4) is 11.8 Å². The Morgan fingerprint density at radius 2 is 1.44 bits per heavy atom. The first kappa shape index (κ1) is 17.0. The molecule has 3 aromatic carbocycles. The molecule has 0 bridgehead atoms. The van der Waals surface area contributed by atoms with Crippen LogP contribution in [-0.4, -0.2) is 0 Å². The second-order valence-electron chi connectivity index (χ2n) is 5.46. The van der Waals surface area contributed by atoms with Gasteiger partial charge in [0.05, 0.1) is 5.56 Å². The zero-order chi connectivity index (χ0) is 18.1. The molecule has 0 nitrogen and oxygen atoms in total. The third-order valence-corrected chi connectivity index (χ3v) is 3.81. The molecule has 126 valence electrons. The number of rotatable bonds is 1. The highest BCUT2D eigenvalue weighted by Gasteiger charge is 2.13. The van der Waals surface area contributed by atoms with E-state index in [1.54, 1.807) is 6.92 Å². The van der Waals surface area contributed by atoms with Crippen molar-refractivity contribution < 1.29 is 22.0 Å². The quantitative estimate of drug-likeness (QED) is 0.310. The van der Waals surface area contributed by atoms with Crippen molar-refractivity contribution in [3.63, 3.8) is 0 Å². The van der Waals surface area contributed by atoms with E-state index in [2.05, 4.69) is 11.8 Å². The van der Waals surface area contributed by atoms with Crippen LogP contribution in [0, 0.1) is 40.9 Å². The molecule has 3 rings (SSSR count). The van der Waals surface area contributed by atoms with E-state index in [-0.39, 0.29) is 21.9 Å². The van der Waals surface area contributed by atoms with Crippen LogP contribution in [0.3, 0.4) is 0 Å². The van der Waals surface area contributed by atoms with Gasteiger partial charge >= 0.3 is 0 Å². The minimum absolute atomic E-state index is 0.102. The highest BCUT2D eigenvalue weighted by Crippen LogP contribution is 2.24. The summed E-state index contributed by atoms with van der Waals surface area (Å²) in [5.41, 5.74) is 0.421. The molecule has 0 saturated carbocycles. The van der Waals surface area contributed by atoms with Crippen LogP contribution in [0.1, 0.15) is 23.6 Å². The second kappa shape index (κ2) is 6.56. The molecule has 0 aliphatic rings. The summed E-state index contributed by atoms with van der Waals surface area (Å²) in [6.45, 7) is 1.77. The Bertz CT molecular complexity index is 1020. The minimum atomic E-state index is -1.55. The number of fused-ring (bicyclic) bond motifs is 1. The van der Waals surface area contributed by atoms with Gasteiger partial charge in [-0.15, -0.1) is 0 Å². The van der Waals surface area contributed by atoms with E-state index in [0.717, 1.165) is 6.07 Å². The van der Waals surface area contributed by atoms with Crippen molar-refractivity contribution in [3.05, 3.63) is 82.2 Å². The Labute approximate surface area is 140 Å². The third kappa shape index (κ3) is 3.20. The van der Waals surface area contributed by atoms with Crippen LogP contribution in [-0.2, 0) is 6.42 Å². The van der Waals surface area contributed by atoms with Crippen molar-refractivity contribution >= 4 is 10.8 Å². The van der Waals surface area contributed by atoms with Gasteiger partial charge in [-0.25, -0.2) is 22.0 Å². The van der Waals surface area contributed by atoms with Crippen LogP contribution in [0.25, 0.3) is 10.8 Å². The van der Waals surface area contributed by atoms with E-state index in [1.807, 2.05) is 0 Å². The molecule has 0 fully saturated rings. The molecule has 0 unspecified atom stereocenters. The number of hydrogen-bond donors (Lipinski definition) is 0. The summed E-state index contributed by atoms with van der Waals surface area (Å²) < 4.78 is 68.0. The summed E-state index contributed by atoms with van der Waals surface area (Å²) in [6, 6.07) is 7.19. The maximum absolute atomic E-state index is 13.9. The molecule has 0 amide bonds. The van der Waals surface area contributed by atoms with Gasteiger partial charge in [-0.05, 0) is 47.7 Å². The molecule has 0 radical (unpaired) electrons. The number of halogens is 5. The van der Waals surface area contributed by atoms with Crippen molar-refractivity contribution in [2.24, 2.45) is 0 Å². The van der Waals surface area contributed by atoms with Crippen LogP contribution >= 0.6 is 0 Å². The van der Waals surface area contributed by atoms with Gasteiger partial charge in [0.15, 0.2) is 17.5 Å². The predicted octanol–water partition coefficient (Wildman–Crippen LogP) is 5.50. The highest BCUT2D eigenvalue weighted by atomic mass is 19.2. The predicted molar refractivity (Wildman–Crippen MR) is 85.5 cm³/mol. The molecular formula is C20H11F5. The molecule has 3 aromatic rings. The molecular weight excluding hydrogens is 335 g/mol. The molecule has 0 saturated heterocycles. The molecule has 0 heterocycles. The van der Waals surface area contributed by atoms with Gasteiger partial charge in [-0.2, -0.15) is 0 Å². The van der Waals surface area contributed by atoms with E-state index < -0.39 is 29.1 Å².